The number of carbonyl (C=O) groups excluding carboxylic acids is 1. The summed E-state index contributed by atoms with van der Waals surface area (Å²) in [7, 11) is 0. The van der Waals surface area contributed by atoms with Crippen molar-refractivity contribution in [2.45, 2.75) is 19.9 Å². The molecular formula is C16H16ClFN2O. The van der Waals surface area contributed by atoms with Crippen molar-refractivity contribution < 1.29 is 9.18 Å². The van der Waals surface area contributed by atoms with Crippen LogP contribution in [0.1, 0.15) is 35.8 Å². The van der Waals surface area contributed by atoms with E-state index < -0.39 is 11.9 Å². The lowest BCUT2D eigenvalue weighted by Crippen LogP contribution is -2.32. The Morgan fingerprint density at radius 3 is 2.48 bits per heavy atom. The molecule has 0 fully saturated rings. The van der Waals surface area contributed by atoms with Crippen molar-refractivity contribution in [1.82, 2.24) is 10.3 Å². The fourth-order valence-corrected chi connectivity index (χ4v) is 2.21. The third-order valence-electron chi connectivity index (χ3n) is 3.19. The monoisotopic (exact) mass is 306 g/mol. The largest absolute Gasteiger partial charge is 0.345 e. The molecule has 1 aromatic heterocycles. The molecule has 1 amide bonds. The van der Waals surface area contributed by atoms with Crippen molar-refractivity contribution in [1.29, 1.82) is 0 Å². The summed E-state index contributed by atoms with van der Waals surface area (Å²) < 4.78 is 13.6. The first kappa shape index (κ1) is 15.4. The van der Waals surface area contributed by atoms with Crippen LogP contribution in [0.25, 0.3) is 0 Å². The molecule has 0 bridgehead atoms. The number of carbonyl (C=O) groups is 1. The molecule has 0 saturated heterocycles. The Bertz CT molecular complexity index is 628. The number of pyridine rings is 1. The zero-order valence-electron chi connectivity index (χ0n) is 11.8. The molecule has 0 spiro atoms. The second kappa shape index (κ2) is 6.68. The van der Waals surface area contributed by atoms with E-state index >= 15 is 0 Å². The lowest BCUT2D eigenvalue weighted by Gasteiger charge is -2.23. The highest BCUT2D eigenvalue weighted by Crippen LogP contribution is 2.23. The molecule has 3 nitrogen and oxygen atoms in total. The zero-order valence-corrected chi connectivity index (χ0v) is 12.6. The maximum absolute atomic E-state index is 13.6. The quantitative estimate of drug-likeness (QED) is 0.867. The van der Waals surface area contributed by atoms with E-state index in [0.29, 0.717) is 5.02 Å². The second-order valence-corrected chi connectivity index (χ2v) is 5.52. The van der Waals surface area contributed by atoms with Crippen molar-refractivity contribution in [3.8, 4) is 0 Å². The van der Waals surface area contributed by atoms with Crippen molar-refractivity contribution in [3.63, 3.8) is 0 Å². The molecular weight excluding hydrogens is 291 g/mol. The van der Waals surface area contributed by atoms with Gasteiger partial charge in [0.1, 0.15) is 0 Å². The minimum atomic E-state index is -0.770. The third kappa shape index (κ3) is 3.79. The summed E-state index contributed by atoms with van der Waals surface area (Å²) in [6, 6.07) is 9.96. The molecule has 1 heterocycles. The standard InChI is InChI=1S/C16H16ClFN2O/c1-10(2)14(11-5-7-12(17)8-6-11)20-16(21)13-4-3-9-19-15(13)18/h3-10,14H,1-2H3,(H,20,21). The second-order valence-electron chi connectivity index (χ2n) is 5.09. The molecule has 21 heavy (non-hydrogen) atoms. The Morgan fingerprint density at radius 1 is 1.24 bits per heavy atom. The number of hydrogen-bond donors (Lipinski definition) is 1. The average Bonchev–Trinajstić information content (AvgIpc) is 2.46. The Labute approximate surface area is 128 Å². The van der Waals surface area contributed by atoms with Gasteiger partial charge in [0.2, 0.25) is 5.95 Å². The molecule has 1 aromatic carbocycles. The minimum absolute atomic E-state index is 0.0582. The summed E-state index contributed by atoms with van der Waals surface area (Å²) in [5, 5.41) is 3.48. The van der Waals surface area contributed by atoms with E-state index in [-0.39, 0.29) is 17.5 Å². The lowest BCUT2D eigenvalue weighted by molar-refractivity contribution is 0.0920. The SMILES string of the molecule is CC(C)C(NC(=O)c1cccnc1F)c1ccc(Cl)cc1. The molecule has 1 N–H and O–H groups in total. The summed E-state index contributed by atoms with van der Waals surface area (Å²) in [6.07, 6.45) is 1.31. The van der Waals surface area contributed by atoms with Gasteiger partial charge in [0.05, 0.1) is 11.6 Å². The molecule has 0 aliphatic rings. The summed E-state index contributed by atoms with van der Waals surface area (Å²) in [4.78, 5) is 15.7. The van der Waals surface area contributed by atoms with E-state index in [0.717, 1.165) is 5.56 Å². The predicted octanol–water partition coefficient (Wildman–Crippen LogP) is 4.00. The van der Waals surface area contributed by atoms with Crippen molar-refractivity contribution in [2.24, 2.45) is 5.92 Å². The van der Waals surface area contributed by atoms with E-state index in [1.54, 1.807) is 12.1 Å². The molecule has 110 valence electrons. The summed E-state index contributed by atoms with van der Waals surface area (Å²) in [6.45, 7) is 3.97. The highest BCUT2D eigenvalue weighted by molar-refractivity contribution is 6.30. The average molecular weight is 307 g/mol. The number of nitrogens with zero attached hydrogens (tertiary/aromatic N) is 1. The third-order valence-corrected chi connectivity index (χ3v) is 3.44. The molecule has 1 unspecified atom stereocenters. The fourth-order valence-electron chi connectivity index (χ4n) is 2.08. The number of hydrogen-bond acceptors (Lipinski definition) is 2. The van der Waals surface area contributed by atoms with Crippen molar-refractivity contribution in [2.75, 3.05) is 0 Å². The number of amides is 1. The molecule has 0 saturated carbocycles. The smallest absolute Gasteiger partial charge is 0.256 e. The van der Waals surface area contributed by atoms with Gasteiger partial charge in [-0.15, -0.1) is 0 Å². The molecule has 2 aromatic rings. The van der Waals surface area contributed by atoms with Gasteiger partial charge in [0.15, 0.2) is 0 Å². The Balaban J connectivity index is 2.23. The number of nitrogens with one attached hydrogen (secondary N) is 1. The van der Waals surface area contributed by atoms with Crippen LogP contribution < -0.4 is 5.32 Å². The maximum Gasteiger partial charge on any atom is 0.256 e. The van der Waals surface area contributed by atoms with Crippen LogP contribution in [0, 0.1) is 11.9 Å². The number of halogens is 2. The van der Waals surface area contributed by atoms with Crippen LogP contribution in [0.5, 0.6) is 0 Å². The molecule has 0 aliphatic heterocycles. The lowest BCUT2D eigenvalue weighted by atomic mass is 9.95. The molecule has 2 rings (SSSR count). The van der Waals surface area contributed by atoms with Gasteiger partial charge in [0, 0.05) is 11.2 Å². The highest BCUT2D eigenvalue weighted by Gasteiger charge is 2.21. The number of benzene rings is 1. The van der Waals surface area contributed by atoms with E-state index in [2.05, 4.69) is 10.3 Å². The van der Waals surface area contributed by atoms with E-state index in [1.165, 1.54) is 18.3 Å². The van der Waals surface area contributed by atoms with Crippen LogP contribution in [0.4, 0.5) is 4.39 Å². The van der Waals surface area contributed by atoms with Gasteiger partial charge in [-0.3, -0.25) is 4.79 Å². The zero-order chi connectivity index (χ0) is 15.4. The van der Waals surface area contributed by atoms with Crippen LogP contribution in [0.3, 0.4) is 0 Å². The normalized spacial score (nSPS) is 12.2. The van der Waals surface area contributed by atoms with E-state index in [4.69, 9.17) is 11.6 Å². The Kier molecular flexibility index (Phi) is 4.91. The number of aromatic nitrogens is 1. The van der Waals surface area contributed by atoms with Crippen LogP contribution in [-0.4, -0.2) is 10.9 Å². The van der Waals surface area contributed by atoms with E-state index in [1.807, 2.05) is 26.0 Å². The molecule has 0 radical (unpaired) electrons. The van der Waals surface area contributed by atoms with E-state index in [9.17, 15) is 9.18 Å². The van der Waals surface area contributed by atoms with Gasteiger partial charge in [0.25, 0.3) is 5.91 Å². The Morgan fingerprint density at radius 2 is 1.90 bits per heavy atom. The van der Waals surface area contributed by atoms with Crippen LogP contribution in [0.2, 0.25) is 5.02 Å². The molecule has 0 aliphatic carbocycles. The fraction of sp³-hybridized carbons (Fsp3) is 0.250. The maximum atomic E-state index is 13.6. The van der Waals surface area contributed by atoms with Gasteiger partial charge < -0.3 is 5.32 Å². The van der Waals surface area contributed by atoms with Crippen LogP contribution in [-0.2, 0) is 0 Å². The first-order valence-corrected chi connectivity index (χ1v) is 7.03. The van der Waals surface area contributed by atoms with Crippen LogP contribution >= 0.6 is 11.6 Å². The first-order valence-electron chi connectivity index (χ1n) is 6.66. The summed E-state index contributed by atoms with van der Waals surface area (Å²) >= 11 is 5.87. The van der Waals surface area contributed by atoms with Gasteiger partial charge in [-0.1, -0.05) is 37.6 Å². The first-order chi connectivity index (χ1) is 9.99. The predicted molar refractivity (Wildman–Crippen MR) is 80.7 cm³/mol. The number of rotatable bonds is 4. The topological polar surface area (TPSA) is 42.0 Å². The molecule has 5 heteroatoms. The van der Waals surface area contributed by atoms with Crippen molar-refractivity contribution >= 4 is 17.5 Å². The van der Waals surface area contributed by atoms with Gasteiger partial charge in [-0.05, 0) is 35.7 Å². The van der Waals surface area contributed by atoms with Gasteiger partial charge in [-0.25, -0.2) is 4.98 Å². The Hall–Kier alpha value is -1.94. The highest BCUT2D eigenvalue weighted by atomic mass is 35.5. The van der Waals surface area contributed by atoms with Crippen molar-refractivity contribution in [3.05, 3.63) is 64.7 Å². The summed E-state index contributed by atoms with van der Waals surface area (Å²) in [5.41, 5.74) is 0.865. The summed E-state index contributed by atoms with van der Waals surface area (Å²) in [5.74, 6) is -1.10. The van der Waals surface area contributed by atoms with Gasteiger partial charge >= 0.3 is 0 Å². The molecule has 1 atom stereocenters. The minimum Gasteiger partial charge on any atom is -0.345 e. The van der Waals surface area contributed by atoms with Gasteiger partial charge in [-0.2, -0.15) is 4.39 Å². The van der Waals surface area contributed by atoms with Crippen LogP contribution in [0.15, 0.2) is 42.6 Å².